The van der Waals surface area contributed by atoms with Crippen molar-refractivity contribution in [3.63, 3.8) is 0 Å². The van der Waals surface area contributed by atoms with Gasteiger partial charge in [0.15, 0.2) is 0 Å². The number of esters is 1. The average molecular weight is 469 g/mol. The highest BCUT2D eigenvalue weighted by atomic mass is 31.8. The summed E-state index contributed by atoms with van der Waals surface area (Å²) in [4.78, 5) is 12.1. The Morgan fingerprint density at radius 1 is 0.900 bits per heavy atom. The van der Waals surface area contributed by atoms with Crippen LogP contribution < -0.4 is 14.1 Å². The Morgan fingerprint density at radius 2 is 1.40 bits per heavy atom. The Morgan fingerprint density at radius 3 is 1.90 bits per heavy atom. The fraction of sp³-hybridized carbons (Fsp3) is 0.278. The molecule has 1 N–H and O–H groups in total. The van der Waals surface area contributed by atoms with E-state index in [0.717, 1.165) is 0 Å². The molecule has 0 saturated carbocycles. The van der Waals surface area contributed by atoms with Crippen LogP contribution in [0.2, 0.25) is 0 Å². The Bertz CT molecular complexity index is 946. The van der Waals surface area contributed by atoms with Crippen LogP contribution in [-0.2, 0) is 9.53 Å². The summed E-state index contributed by atoms with van der Waals surface area (Å²) in [5.74, 6) is -13.3. The van der Waals surface area contributed by atoms with Crippen LogP contribution in [0.4, 0.5) is 22.0 Å². The lowest BCUT2D eigenvalue weighted by molar-refractivity contribution is -0.149. The second-order valence-corrected chi connectivity index (χ2v) is 9.78. The van der Waals surface area contributed by atoms with Crippen LogP contribution in [0.15, 0.2) is 30.3 Å². The molecule has 0 unspecified atom stereocenters. The van der Waals surface area contributed by atoms with Crippen molar-refractivity contribution in [2.75, 3.05) is 0 Å². The molecular weight excluding hydrogens is 451 g/mol. The minimum atomic E-state index is -3.86. The highest BCUT2D eigenvalue weighted by Gasteiger charge is 2.34. The topological polar surface area (TPSA) is 56.8 Å². The number of carbonyl (C=O) groups excluding carboxylic acids is 1. The van der Waals surface area contributed by atoms with Crippen molar-refractivity contribution >= 4 is 21.6 Å². The number of hydrogen-bond donors (Lipinski definition) is 1. The first-order valence-electron chi connectivity index (χ1n) is 8.53. The van der Waals surface area contributed by atoms with E-state index in [1.807, 2.05) is 0 Å². The average Bonchev–Trinajstić information content (AvgIpc) is 2.68. The van der Waals surface area contributed by atoms with Crippen LogP contribution in [0.5, 0.6) is 11.5 Å². The van der Waals surface area contributed by atoms with Crippen LogP contribution >= 0.6 is 15.7 Å². The maximum absolute atomic E-state index is 14.1. The van der Waals surface area contributed by atoms with Gasteiger partial charge in [-0.15, -0.1) is 0 Å². The number of nitrogens with one attached hydrogen (secondary N) is 1. The Hall–Kier alpha value is -2.15. The summed E-state index contributed by atoms with van der Waals surface area (Å²) in [6.45, 7) is 4.55. The van der Waals surface area contributed by atoms with Gasteiger partial charge in [0, 0.05) is 0 Å². The first kappa shape index (κ1) is 24.1. The normalized spacial score (nSPS) is 14.2. The standard InChI is InChI=1S/C18H18F5NO4P2/c1-9(2)26-18(25)10(3)24-30(29,27-11-7-5-4-6-8-11)28-17-15(22)13(20)12(19)14(21)16(17)23/h4-10,24,29H,1-3H3/t10-,30-/m0/s1. The molecule has 164 valence electrons. The molecular formula is C18H18F5NO4P2. The van der Waals surface area contributed by atoms with Crippen LogP contribution in [0, 0.1) is 29.1 Å². The predicted molar refractivity (Wildman–Crippen MR) is 103 cm³/mol. The zero-order valence-electron chi connectivity index (χ0n) is 16.0. The second kappa shape index (κ2) is 9.77. The minimum absolute atomic E-state index is 0.127. The van der Waals surface area contributed by atoms with E-state index in [1.165, 1.54) is 19.1 Å². The van der Waals surface area contributed by atoms with Gasteiger partial charge in [-0.25, -0.2) is 18.3 Å². The summed E-state index contributed by atoms with van der Waals surface area (Å²) in [5, 5.41) is 2.54. The van der Waals surface area contributed by atoms with Crippen molar-refractivity contribution in [3.8, 4) is 11.5 Å². The van der Waals surface area contributed by atoms with Gasteiger partial charge in [0.2, 0.25) is 34.8 Å². The molecule has 2 aromatic carbocycles. The summed E-state index contributed by atoms with van der Waals surface area (Å²) in [5.41, 5.74) is 0. The summed E-state index contributed by atoms with van der Waals surface area (Å²) in [6, 6.07) is 6.57. The molecule has 0 radical (unpaired) electrons. The largest absolute Gasteiger partial charge is 0.462 e. The zero-order valence-corrected chi connectivity index (χ0v) is 17.9. The summed E-state index contributed by atoms with van der Waals surface area (Å²) in [6.07, 6.45) is -0.463. The van der Waals surface area contributed by atoms with Gasteiger partial charge in [0.1, 0.15) is 11.8 Å². The lowest BCUT2D eigenvalue weighted by Gasteiger charge is -2.28. The maximum atomic E-state index is 14.1. The third-order valence-corrected chi connectivity index (χ3v) is 6.01. The highest BCUT2D eigenvalue weighted by molar-refractivity contribution is 7.91. The van der Waals surface area contributed by atoms with Crippen molar-refractivity contribution in [2.24, 2.45) is 0 Å². The maximum Gasteiger partial charge on any atom is 0.323 e. The molecule has 0 bridgehead atoms. The molecule has 30 heavy (non-hydrogen) atoms. The number of hydrogen-bond acceptors (Lipinski definition) is 4. The molecule has 5 nitrogen and oxygen atoms in total. The molecule has 2 rings (SSSR count). The molecule has 0 saturated heterocycles. The van der Waals surface area contributed by atoms with Gasteiger partial charge in [-0.3, -0.25) is 4.79 Å². The van der Waals surface area contributed by atoms with Crippen molar-refractivity contribution in [1.29, 1.82) is 0 Å². The van der Waals surface area contributed by atoms with E-state index in [2.05, 4.69) is 13.6 Å². The van der Waals surface area contributed by atoms with Crippen molar-refractivity contribution in [3.05, 3.63) is 59.4 Å². The lowest BCUT2D eigenvalue weighted by atomic mass is 10.3. The second-order valence-electron chi connectivity index (χ2n) is 6.28. The number of para-hydroxylation sites is 1. The number of rotatable bonds is 8. The summed E-state index contributed by atoms with van der Waals surface area (Å²) in [7, 11) is -0.784. The molecule has 0 aliphatic carbocycles. The lowest BCUT2D eigenvalue weighted by Crippen LogP contribution is -2.36. The summed E-state index contributed by atoms with van der Waals surface area (Å²) >= 11 is 0. The number of halogens is 5. The SMILES string of the molecule is CC(C)OC(=O)[C@H](C)N[P@](=P)(Oc1ccccc1)Oc1c(F)c(F)c(F)c(F)c1F. The molecule has 0 aliphatic heterocycles. The van der Waals surface area contributed by atoms with E-state index in [9.17, 15) is 26.7 Å². The van der Waals surface area contributed by atoms with Crippen molar-refractivity contribution in [2.45, 2.75) is 32.9 Å². The third-order valence-electron chi connectivity index (χ3n) is 3.44. The van der Waals surface area contributed by atoms with E-state index in [0.29, 0.717) is 0 Å². The van der Waals surface area contributed by atoms with Gasteiger partial charge in [0.05, 0.1) is 6.10 Å². The Labute approximate surface area is 171 Å². The molecule has 2 atom stereocenters. The molecule has 0 spiro atoms. The Kier molecular flexibility index (Phi) is 7.86. The Balaban J connectivity index is 2.45. The molecule has 0 aromatic heterocycles. The van der Waals surface area contributed by atoms with Crippen molar-refractivity contribution < 1.29 is 40.5 Å². The predicted octanol–water partition coefficient (Wildman–Crippen LogP) is 5.59. The van der Waals surface area contributed by atoms with E-state index in [-0.39, 0.29) is 5.75 Å². The van der Waals surface area contributed by atoms with Gasteiger partial charge in [0.25, 0.3) is 0 Å². The first-order valence-corrected chi connectivity index (χ1v) is 11.5. The van der Waals surface area contributed by atoms with Crippen LogP contribution in [-0.4, -0.2) is 18.1 Å². The van der Waals surface area contributed by atoms with Crippen LogP contribution in [0.1, 0.15) is 20.8 Å². The fourth-order valence-corrected chi connectivity index (χ4v) is 4.90. The first-order chi connectivity index (χ1) is 13.9. The third kappa shape index (κ3) is 5.72. The van der Waals surface area contributed by atoms with Crippen LogP contribution in [0.3, 0.4) is 0 Å². The quantitative estimate of drug-likeness (QED) is 0.180. The van der Waals surface area contributed by atoms with Gasteiger partial charge in [-0.2, -0.15) is 8.78 Å². The van der Waals surface area contributed by atoms with Crippen molar-refractivity contribution in [1.82, 2.24) is 5.09 Å². The van der Waals surface area contributed by atoms with Gasteiger partial charge >= 0.3 is 13.1 Å². The monoisotopic (exact) mass is 469 g/mol. The van der Waals surface area contributed by atoms with E-state index >= 15 is 0 Å². The molecule has 0 amide bonds. The highest BCUT2D eigenvalue weighted by Crippen LogP contribution is 2.52. The van der Waals surface area contributed by atoms with Gasteiger partial charge < -0.3 is 13.8 Å². The molecule has 12 heteroatoms. The smallest absolute Gasteiger partial charge is 0.323 e. The minimum Gasteiger partial charge on any atom is -0.462 e. The number of benzene rings is 2. The van der Waals surface area contributed by atoms with E-state index in [1.54, 1.807) is 32.0 Å². The summed E-state index contributed by atoms with van der Waals surface area (Å²) < 4.78 is 84.4. The number of carbonyl (C=O) groups is 1. The number of ether oxygens (including phenoxy) is 1. The van der Waals surface area contributed by atoms with E-state index in [4.69, 9.17) is 13.8 Å². The molecule has 0 fully saturated rings. The fourth-order valence-electron chi connectivity index (χ4n) is 2.14. The van der Waals surface area contributed by atoms with Gasteiger partial charge in [-0.05, 0) is 41.4 Å². The molecule has 0 heterocycles. The molecule has 0 aliphatic rings. The van der Waals surface area contributed by atoms with E-state index < -0.39 is 60.1 Å². The zero-order chi connectivity index (χ0) is 22.6. The molecule has 2 aromatic rings. The van der Waals surface area contributed by atoms with Gasteiger partial charge in [-0.1, -0.05) is 18.2 Å². The van der Waals surface area contributed by atoms with Crippen LogP contribution in [0.25, 0.3) is 0 Å².